The van der Waals surface area contributed by atoms with Gasteiger partial charge in [-0.3, -0.25) is 4.79 Å². The van der Waals surface area contributed by atoms with Gasteiger partial charge in [0.2, 0.25) is 16.0 Å². The zero-order valence-electron chi connectivity index (χ0n) is 24.5. The van der Waals surface area contributed by atoms with Gasteiger partial charge in [0.15, 0.2) is 0 Å². The van der Waals surface area contributed by atoms with Crippen molar-refractivity contribution in [1.29, 1.82) is 0 Å². The maximum absolute atomic E-state index is 13.7. The highest BCUT2D eigenvalue weighted by molar-refractivity contribution is 7.92. The summed E-state index contributed by atoms with van der Waals surface area (Å²) in [6.45, 7) is 3.43. The predicted octanol–water partition coefficient (Wildman–Crippen LogP) is 3.63. The maximum Gasteiger partial charge on any atom is 0.313 e. The standard InChI is InChI=1S/C29H33FN4O9S/c1-18(2)27-25(28(20-7-9-21(30)10-8-20)32-29(31-27)33(3)44(4,40)41)14-11-22(35)15-23(36)16-26(37)43-24-12-5-19(6-13-24)17-42-34(38)39/h5-14,18,22-23,35-36H,15-17H2,1-4H3/b14-11+/t22-,23-/m1/s1. The number of ether oxygens (including phenoxy) is 1. The summed E-state index contributed by atoms with van der Waals surface area (Å²) in [5.74, 6) is -1.37. The Bertz CT molecular complexity index is 1600. The van der Waals surface area contributed by atoms with Crippen LogP contribution in [0.2, 0.25) is 0 Å². The molecule has 0 aliphatic rings. The molecule has 0 aliphatic heterocycles. The number of esters is 1. The normalized spacial score (nSPS) is 13.1. The van der Waals surface area contributed by atoms with Crippen molar-refractivity contribution in [2.75, 3.05) is 17.6 Å². The van der Waals surface area contributed by atoms with Crippen molar-refractivity contribution in [2.24, 2.45) is 0 Å². The molecule has 0 bridgehead atoms. The zero-order chi connectivity index (χ0) is 32.6. The van der Waals surface area contributed by atoms with Gasteiger partial charge < -0.3 is 19.8 Å². The Morgan fingerprint density at radius 1 is 1.11 bits per heavy atom. The number of carbonyl (C=O) groups is 1. The number of halogens is 1. The number of aliphatic hydroxyl groups is 2. The summed E-state index contributed by atoms with van der Waals surface area (Å²) >= 11 is 0. The van der Waals surface area contributed by atoms with Gasteiger partial charge in [-0.25, -0.2) is 27.1 Å². The molecule has 0 radical (unpaired) electrons. The van der Waals surface area contributed by atoms with E-state index in [1.165, 1.54) is 67.7 Å². The molecule has 2 atom stereocenters. The molecular formula is C29H33FN4O9S. The highest BCUT2D eigenvalue weighted by Gasteiger charge is 2.23. The Balaban J connectivity index is 1.77. The van der Waals surface area contributed by atoms with E-state index in [9.17, 15) is 37.9 Å². The van der Waals surface area contributed by atoms with E-state index in [2.05, 4.69) is 14.8 Å². The van der Waals surface area contributed by atoms with Crippen LogP contribution < -0.4 is 9.04 Å². The first kappa shape index (κ1) is 34.0. The van der Waals surface area contributed by atoms with Gasteiger partial charge in [-0.15, -0.1) is 10.1 Å². The van der Waals surface area contributed by atoms with Crippen LogP contribution in [-0.2, 0) is 26.3 Å². The lowest BCUT2D eigenvalue weighted by molar-refractivity contribution is -0.763. The van der Waals surface area contributed by atoms with E-state index < -0.39 is 45.5 Å². The van der Waals surface area contributed by atoms with Crippen molar-refractivity contribution >= 4 is 28.0 Å². The molecule has 44 heavy (non-hydrogen) atoms. The van der Waals surface area contributed by atoms with E-state index >= 15 is 0 Å². The predicted molar refractivity (Wildman–Crippen MR) is 159 cm³/mol. The molecule has 0 amide bonds. The van der Waals surface area contributed by atoms with Crippen LogP contribution in [0.4, 0.5) is 10.3 Å². The highest BCUT2D eigenvalue weighted by Crippen LogP contribution is 2.32. The Labute approximate surface area is 253 Å². The molecule has 15 heteroatoms. The van der Waals surface area contributed by atoms with E-state index in [1.54, 1.807) is 0 Å². The number of benzene rings is 2. The summed E-state index contributed by atoms with van der Waals surface area (Å²) in [7, 11) is -2.38. The molecular weight excluding hydrogens is 599 g/mol. The van der Waals surface area contributed by atoms with Gasteiger partial charge in [0.1, 0.15) is 18.2 Å². The van der Waals surface area contributed by atoms with Crippen molar-refractivity contribution < 1.29 is 42.5 Å². The van der Waals surface area contributed by atoms with Gasteiger partial charge in [0.25, 0.3) is 5.09 Å². The van der Waals surface area contributed by atoms with Crippen molar-refractivity contribution in [3.63, 3.8) is 0 Å². The van der Waals surface area contributed by atoms with Crippen molar-refractivity contribution in [1.82, 2.24) is 9.97 Å². The van der Waals surface area contributed by atoms with Crippen LogP contribution in [0.15, 0.2) is 54.6 Å². The second-order valence-electron chi connectivity index (χ2n) is 10.2. The van der Waals surface area contributed by atoms with E-state index in [0.717, 1.165) is 10.6 Å². The monoisotopic (exact) mass is 632 g/mol. The lowest BCUT2D eigenvalue weighted by Crippen LogP contribution is -2.27. The van der Waals surface area contributed by atoms with Crippen LogP contribution in [0.25, 0.3) is 17.3 Å². The number of hydrogen-bond donors (Lipinski definition) is 2. The number of hydrogen-bond acceptors (Lipinski definition) is 11. The number of aromatic nitrogens is 2. The summed E-state index contributed by atoms with van der Waals surface area (Å²) in [6, 6.07) is 11.3. The summed E-state index contributed by atoms with van der Waals surface area (Å²) < 4.78 is 44.2. The van der Waals surface area contributed by atoms with Gasteiger partial charge in [0, 0.05) is 24.6 Å². The van der Waals surface area contributed by atoms with Crippen LogP contribution >= 0.6 is 0 Å². The molecule has 0 saturated carbocycles. The first-order valence-electron chi connectivity index (χ1n) is 13.4. The van der Waals surface area contributed by atoms with Crippen LogP contribution in [0.3, 0.4) is 0 Å². The molecule has 0 aliphatic carbocycles. The molecule has 0 unspecified atom stereocenters. The number of rotatable bonds is 14. The summed E-state index contributed by atoms with van der Waals surface area (Å²) in [5.41, 5.74) is 2.19. The molecule has 13 nitrogen and oxygen atoms in total. The van der Waals surface area contributed by atoms with Crippen LogP contribution in [0, 0.1) is 15.9 Å². The molecule has 2 aromatic carbocycles. The van der Waals surface area contributed by atoms with Crippen LogP contribution in [-0.4, -0.2) is 65.2 Å². The molecule has 0 saturated heterocycles. The molecule has 2 N–H and O–H groups in total. The van der Waals surface area contributed by atoms with Crippen LogP contribution in [0.1, 0.15) is 49.4 Å². The average Bonchev–Trinajstić information content (AvgIpc) is 2.94. The lowest BCUT2D eigenvalue weighted by Gasteiger charge is -2.20. The lowest BCUT2D eigenvalue weighted by atomic mass is 9.97. The number of nitrogens with zero attached hydrogens (tertiary/aromatic N) is 4. The zero-order valence-corrected chi connectivity index (χ0v) is 25.3. The molecule has 3 rings (SSSR count). The van der Waals surface area contributed by atoms with Gasteiger partial charge in [-0.1, -0.05) is 38.1 Å². The van der Waals surface area contributed by atoms with E-state index in [1.807, 2.05) is 13.8 Å². The smallest absolute Gasteiger partial charge is 0.313 e. The van der Waals surface area contributed by atoms with E-state index in [0.29, 0.717) is 28.1 Å². The Morgan fingerprint density at radius 3 is 2.32 bits per heavy atom. The fraction of sp³-hybridized carbons (Fsp3) is 0.345. The summed E-state index contributed by atoms with van der Waals surface area (Å²) in [4.78, 5) is 35.8. The van der Waals surface area contributed by atoms with Crippen molar-refractivity contribution in [3.8, 4) is 17.0 Å². The van der Waals surface area contributed by atoms with Crippen molar-refractivity contribution in [3.05, 3.63) is 87.4 Å². The second-order valence-corrected chi connectivity index (χ2v) is 12.2. The molecule has 1 heterocycles. The molecule has 0 fully saturated rings. The fourth-order valence-electron chi connectivity index (χ4n) is 3.99. The SMILES string of the molecule is CC(C)c1nc(N(C)S(C)(=O)=O)nc(-c2ccc(F)cc2)c1/C=C/[C@@H](O)C[C@@H](O)CC(=O)Oc1ccc(CO[N+](=O)[O-])cc1. The van der Waals surface area contributed by atoms with Gasteiger partial charge in [-0.2, -0.15) is 0 Å². The minimum atomic E-state index is -3.70. The Morgan fingerprint density at radius 2 is 1.75 bits per heavy atom. The van der Waals surface area contributed by atoms with Crippen LogP contribution in [0.5, 0.6) is 5.75 Å². The Hall–Kier alpha value is -4.47. The molecule has 236 valence electrons. The second kappa shape index (κ2) is 14.8. The molecule has 3 aromatic rings. The first-order chi connectivity index (χ1) is 20.6. The third-order valence-electron chi connectivity index (χ3n) is 6.30. The van der Waals surface area contributed by atoms with E-state index in [4.69, 9.17) is 4.74 Å². The van der Waals surface area contributed by atoms with Crippen molar-refractivity contribution in [2.45, 2.75) is 51.4 Å². The third-order valence-corrected chi connectivity index (χ3v) is 7.46. The topological polar surface area (TPSA) is 182 Å². The summed E-state index contributed by atoms with van der Waals surface area (Å²) in [5, 5.41) is 30.4. The third kappa shape index (κ3) is 9.79. The van der Waals surface area contributed by atoms with Gasteiger partial charge >= 0.3 is 5.97 Å². The average molecular weight is 633 g/mol. The number of aliphatic hydroxyl groups excluding tert-OH is 2. The molecule has 1 aromatic heterocycles. The molecule has 0 spiro atoms. The minimum absolute atomic E-state index is 0.0818. The fourth-order valence-corrected chi connectivity index (χ4v) is 4.37. The minimum Gasteiger partial charge on any atom is -0.426 e. The first-order valence-corrected chi connectivity index (χ1v) is 15.2. The summed E-state index contributed by atoms with van der Waals surface area (Å²) in [6.07, 6.45) is 0.820. The quantitative estimate of drug-likeness (QED) is 0.115. The number of carbonyl (C=O) groups excluding carboxylic acids is 1. The maximum atomic E-state index is 13.7. The number of anilines is 1. The van der Waals surface area contributed by atoms with E-state index in [-0.39, 0.29) is 30.6 Å². The van der Waals surface area contributed by atoms with Gasteiger partial charge in [-0.05, 0) is 47.9 Å². The highest BCUT2D eigenvalue weighted by atomic mass is 32.2. The largest absolute Gasteiger partial charge is 0.426 e. The Kier molecular flexibility index (Phi) is 11.5. The van der Waals surface area contributed by atoms with Gasteiger partial charge in [0.05, 0.1) is 36.3 Å². The number of sulfonamides is 1.